The molecule has 0 spiro atoms. The smallest absolute Gasteiger partial charge is 0.133 e. The van der Waals surface area contributed by atoms with E-state index in [2.05, 4.69) is 23.5 Å². The predicted octanol–water partition coefficient (Wildman–Crippen LogP) is 5.36. The number of nitriles is 2. The molecular weight excluding hydrogens is 396 g/mol. The van der Waals surface area contributed by atoms with Crippen molar-refractivity contribution in [3.8, 4) is 17.9 Å². The van der Waals surface area contributed by atoms with Gasteiger partial charge in [-0.25, -0.2) is 0 Å². The molecular formula is C27H24N4O. The van der Waals surface area contributed by atoms with Crippen LogP contribution in [0.1, 0.15) is 59.3 Å². The molecule has 3 aromatic carbocycles. The second kappa shape index (κ2) is 8.96. The highest BCUT2D eigenvalue weighted by atomic mass is 16.5. The van der Waals surface area contributed by atoms with E-state index in [1.807, 2.05) is 81.4 Å². The Labute approximate surface area is 188 Å². The molecule has 158 valence electrons. The number of hydrogen-bond acceptors (Lipinski definition) is 5. The second-order valence-electron chi connectivity index (χ2n) is 8.18. The van der Waals surface area contributed by atoms with Gasteiger partial charge in [-0.15, -0.1) is 0 Å². The highest BCUT2D eigenvalue weighted by Gasteiger charge is 2.33. The Bertz CT molecular complexity index is 1230. The number of rotatable bonds is 5. The minimum atomic E-state index is -0.182. The number of ether oxygens (including phenoxy) is 1. The first-order valence-corrected chi connectivity index (χ1v) is 10.6. The molecule has 5 heteroatoms. The van der Waals surface area contributed by atoms with Gasteiger partial charge in [0.15, 0.2) is 0 Å². The summed E-state index contributed by atoms with van der Waals surface area (Å²) in [7, 11) is 0. The van der Waals surface area contributed by atoms with Gasteiger partial charge in [-0.2, -0.15) is 10.5 Å². The molecule has 4 rings (SSSR count). The van der Waals surface area contributed by atoms with Gasteiger partial charge in [0.25, 0.3) is 0 Å². The lowest BCUT2D eigenvalue weighted by molar-refractivity contribution is 0.242. The molecule has 0 amide bonds. The molecule has 0 bridgehead atoms. The van der Waals surface area contributed by atoms with Crippen LogP contribution in [0, 0.1) is 29.6 Å². The first-order chi connectivity index (χ1) is 15.5. The maximum absolute atomic E-state index is 9.16. The average Bonchev–Trinajstić information content (AvgIpc) is 3.24. The molecule has 32 heavy (non-hydrogen) atoms. The molecule has 2 atom stereocenters. The molecule has 5 nitrogen and oxygen atoms in total. The van der Waals surface area contributed by atoms with Crippen LogP contribution in [-0.2, 0) is 0 Å². The molecule has 0 radical (unpaired) electrons. The zero-order valence-electron chi connectivity index (χ0n) is 18.3. The topological polar surface area (TPSA) is 81.2 Å². The van der Waals surface area contributed by atoms with Gasteiger partial charge in [0, 0.05) is 0 Å². The Balaban J connectivity index is 1.77. The lowest BCUT2D eigenvalue weighted by Crippen LogP contribution is -2.26. The summed E-state index contributed by atoms with van der Waals surface area (Å²) in [5.74, 6) is 1.56. The van der Waals surface area contributed by atoms with E-state index in [4.69, 9.17) is 20.3 Å². The third kappa shape index (κ3) is 4.33. The summed E-state index contributed by atoms with van der Waals surface area (Å²) in [6.07, 6.45) is 0.0428. The number of benzene rings is 3. The SMILES string of the molecule is Cc1ccc(C2=NC(c3ccc(C#N)cc3)C(c3ccc(C#N)cc3)N2)c(OC(C)C)c1. The molecule has 3 aromatic rings. The number of aryl methyl sites for hydroxylation is 1. The lowest BCUT2D eigenvalue weighted by Gasteiger charge is -2.20. The normalized spacial score (nSPS) is 17.2. The van der Waals surface area contributed by atoms with Crippen molar-refractivity contribution in [3.05, 3.63) is 100 Å². The Kier molecular flexibility index (Phi) is 5.92. The van der Waals surface area contributed by atoms with Crippen molar-refractivity contribution < 1.29 is 4.74 Å². The van der Waals surface area contributed by atoms with Gasteiger partial charge in [0.1, 0.15) is 17.6 Å². The van der Waals surface area contributed by atoms with Crippen LogP contribution in [0.5, 0.6) is 5.75 Å². The van der Waals surface area contributed by atoms with Gasteiger partial charge in [-0.1, -0.05) is 30.3 Å². The van der Waals surface area contributed by atoms with Crippen LogP contribution in [0.2, 0.25) is 0 Å². The van der Waals surface area contributed by atoms with Crippen LogP contribution in [0.3, 0.4) is 0 Å². The van der Waals surface area contributed by atoms with Gasteiger partial charge in [0.2, 0.25) is 0 Å². The Morgan fingerprint density at radius 1 is 0.875 bits per heavy atom. The van der Waals surface area contributed by atoms with Crippen molar-refractivity contribution in [2.45, 2.75) is 39.0 Å². The molecule has 1 aliphatic heterocycles. The van der Waals surface area contributed by atoms with Crippen molar-refractivity contribution in [2.24, 2.45) is 4.99 Å². The zero-order chi connectivity index (χ0) is 22.7. The van der Waals surface area contributed by atoms with E-state index in [1.165, 1.54) is 0 Å². The number of amidine groups is 1. The first-order valence-electron chi connectivity index (χ1n) is 10.6. The van der Waals surface area contributed by atoms with Crippen molar-refractivity contribution in [1.82, 2.24) is 5.32 Å². The number of nitrogens with one attached hydrogen (secondary N) is 1. The van der Waals surface area contributed by atoms with Crippen LogP contribution in [0.4, 0.5) is 0 Å². The van der Waals surface area contributed by atoms with E-state index in [0.29, 0.717) is 11.1 Å². The summed E-state index contributed by atoms with van der Waals surface area (Å²) < 4.78 is 6.09. The van der Waals surface area contributed by atoms with Gasteiger partial charge >= 0.3 is 0 Å². The summed E-state index contributed by atoms with van der Waals surface area (Å²) in [6, 6.07) is 25.3. The van der Waals surface area contributed by atoms with Gasteiger partial charge in [-0.3, -0.25) is 4.99 Å². The molecule has 2 unspecified atom stereocenters. The molecule has 1 N–H and O–H groups in total. The van der Waals surface area contributed by atoms with Crippen LogP contribution >= 0.6 is 0 Å². The van der Waals surface area contributed by atoms with E-state index >= 15 is 0 Å². The summed E-state index contributed by atoms with van der Waals surface area (Å²) in [6.45, 7) is 6.06. The van der Waals surface area contributed by atoms with E-state index < -0.39 is 0 Å². The molecule has 1 heterocycles. The van der Waals surface area contributed by atoms with Crippen molar-refractivity contribution in [1.29, 1.82) is 10.5 Å². The average molecular weight is 421 g/mol. The van der Waals surface area contributed by atoms with Crippen LogP contribution in [0.15, 0.2) is 71.7 Å². The Morgan fingerprint density at radius 3 is 2.03 bits per heavy atom. The summed E-state index contributed by atoms with van der Waals surface area (Å²) in [5.41, 5.74) is 5.32. The third-order valence-corrected chi connectivity index (χ3v) is 5.41. The maximum Gasteiger partial charge on any atom is 0.133 e. The molecule has 0 fully saturated rings. The quantitative estimate of drug-likeness (QED) is 0.603. The highest BCUT2D eigenvalue weighted by Crippen LogP contribution is 2.38. The molecule has 0 aliphatic carbocycles. The summed E-state index contributed by atoms with van der Waals surface area (Å²) >= 11 is 0. The minimum absolute atomic E-state index is 0.0428. The molecule has 0 saturated heterocycles. The predicted molar refractivity (Wildman–Crippen MR) is 124 cm³/mol. The second-order valence-corrected chi connectivity index (χ2v) is 8.18. The molecule has 0 saturated carbocycles. The first kappa shape index (κ1) is 21.2. The number of hydrogen-bond donors (Lipinski definition) is 1. The van der Waals surface area contributed by atoms with E-state index in [0.717, 1.165) is 33.8 Å². The van der Waals surface area contributed by atoms with Gasteiger partial charge in [-0.05, 0) is 73.9 Å². The van der Waals surface area contributed by atoms with Gasteiger partial charge in [0.05, 0.1) is 41.0 Å². The van der Waals surface area contributed by atoms with Gasteiger partial charge < -0.3 is 10.1 Å². The monoisotopic (exact) mass is 420 g/mol. The van der Waals surface area contributed by atoms with E-state index in [9.17, 15) is 0 Å². The van der Waals surface area contributed by atoms with Crippen LogP contribution in [-0.4, -0.2) is 11.9 Å². The lowest BCUT2D eigenvalue weighted by atomic mass is 9.94. The Morgan fingerprint density at radius 2 is 1.47 bits per heavy atom. The summed E-state index contributed by atoms with van der Waals surface area (Å²) in [5, 5.41) is 21.9. The van der Waals surface area contributed by atoms with E-state index in [-0.39, 0.29) is 18.2 Å². The fourth-order valence-electron chi connectivity index (χ4n) is 3.85. The number of aliphatic imine (C=N–C) groups is 1. The van der Waals surface area contributed by atoms with E-state index in [1.54, 1.807) is 0 Å². The van der Waals surface area contributed by atoms with Crippen molar-refractivity contribution >= 4 is 5.84 Å². The summed E-state index contributed by atoms with van der Waals surface area (Å²) in [4.78, 5) is 5.06. The zero-order valence-corrected chi connectivity index (χ0v) is 18.3. The fourth-order valence-corrected chi connectivity index (χ4v) is 3.85. The third-order valence-electron chi connectivity index (χ3n) is 5.41. The van der Waals surface area contributed by atoms with Crippen molar-refractivity contribution in [2.75, 3.05) is 0 Å². The molecule has 0 aromatic heterocycles. The fraction of sp³-hybridized carbons (Fsp3) is 0.222. The van der Waals surface area contributed by atoms with Crippen molar-refractivity contribution in [3.63, 3.8) is 0 Å². The Hall–Kier alpha value is -4.09. The van der Waals surface area contributed by atoms with Crippen LogP contribution in [0.25, 0.3) is 0 Å². The van der Waals surface area contributed by atoms with Crippen LogP contribution < -0.4 is 10.1 Å². The molecule has 1 aliphatic rings. The maximum atomic E-state index is 9.16. The standard InChI is InChI=1S/C27H24N4O/c1-17(2)32-24-14-18(3)4-13-23(24)27-30-25(21-9-5-19(15-28)6-10-21)26(31-27)22-11-7-20(16-29)8-12-22/h4-14,17,25-26H,1-3H3,(H,30,31). The number of nitrogens with zero attached hydrogens (tertiary/aromatic N) is 3. The minimum Gasteiger partial charge on any atom is -0.490 e. The highest BCUT2D eigenvalue weighted by molar-refractivity contribution is 6.02. The largest absolute Gasteiger partial charge is 0.490 e.